The van der Waals surface area contributed by atoms with Crippen molar-refractivity contribution in [1.29, 1.82) is 0 Å². The standard InChI is InChI=1S/C40H30N8O9S5.O3S/c1-20-3-15-30-35(37(20)61(52,53)54)58-39(43-30)22-5-10-25(11-6-22)45-47-32-17-24(9-14-28(32)41)27-18-33(29(42)19-34(27)60(49,50)51)48-46-26-12-7-23(8-13-26)40-44-31-16-4-21(2)38(36(31)59-40)62(55,56)57;1-4(2)3/h3-19H,41-42H2,1-2H3,(H,49,50,51)(H,52,53,54)(H,55,56,57);. The van der Waals surface area contributed by atoms with Crippen molar-refractivity contribution in [3.8, 4) is 32.3 Å². The number of hydrogen-bond donors (Lipinski definition) is 5. The van der Waals surface area contributed by atoms with Crippen LogP contribution >= 0.6 is 22.7 Å². The third kappa shape index (κ3) is 10.4. The van der Waals surface area contributed by atoms with Gasteiger partial charge in [0, 0.05) is 16.7 Å². The summed E-state index contributed by atoms with van der Waals surface area (Å²) in [7, 11) is -16.9. The highest BCUT2D eigenvalue weighted by Gasteiger charge is 2.23. The van der Waals surface area contributed by atoms with E-state index in [1.165, 1.54) is 24.3 Å². The highest BCUT2D eigenvalue weighted by atomic mass is 32.2. The molecule has 20 nitrogen and oxygen atoms in total. The van der Waals surface area contributed by atoms with Crippen molar-refractivity contribution >= 4 is 118 Å². The van der Waals surface area contributed by atoms with Gasteiger partial charge in [0.25, 0.3) is 30.4 Å². The van der Waals surface area contributed by atoms with E-state index in [0.717, 1.165) is 28.7 Å². The Hall–Kier alpha value is -6.75. The van der Waals surface area contributed by atoms with Gasteiger partial charge in [-0.3, -0.25) is 13.7 Å². The first-order valence-corrected chi connectivity index (χ1v) is 25.3. The van der Waals surface area contributed by atoms with E-state index in [2.05, 4.69) is 30.4 Å². The van der Waals surface area contributed by atoms with Crippen LogP contribution in [0.25, 0.3) is 52.7 Å². The van der Waals surface area contributed by atoms with Crippen molar-refractivity contribution in [3.05, 3.63) is 114 Å². The molecule has 8 aromatic rings. The van der Waals surface area contributed by atoms with E-state index in [-0.39, 0.29) is 43.7 Å². The third-order valence-electron chi connectivity index (χ3n) is 9.46. The maximum Gasteiger partial charge on any atom is 0.425 e. The smallest absolute Gasteiger partial charge is 0.397 e. The number of thiazole rings is 2. The zero-order valence-electron chi connectivity index (χ0n) is 33.6. The second-order valence-electron chi connectivity index (χ2n) is 14.0. The normalized spacial score (nSPS) is 12.3. The molecule has 0 aliphatic rings. The van der Waals surface area contributed by atoms with Gasteiger partial charge in [-0.15, -0.1) is 45.5 Å². The Morgan fingerprint density at radius 2 is 0.924 bits per heavy atom. The van der Waals surface area contributed by atoms with Crippen LogP contribution in [0.15, 0.2) is 138 Å². The number of nitrogen functional groups attached to an aromatic ring is 2. The monoisotopic (exact) mass is 1010 g/mol. The lowest BCUT2D eigenvalue weighted by atomic mass is 10.0. The molecule has 0 saturated carbocycles. The molecular weight excluding hydrogens is 977 g/mol. The highest BCUT2D eigenvalue weighted by molar-refractivity contribution is 7.86. The molecule has 0 aliphatic heterocycles. The van der Waals surface area contributed by atoms with Gasteiger partial charge in [-0.1, -0.05) is 18.2 Å². The summed E-state index contributed by atoms with van der Waals surface area (Å²) in [5, 5.41) is 18.1. The number of fused-ring (bicyclic) bond motifs is 2. The molecule has 0 amide bonds. The molecule has 2 heterocycles. The van der Waals surface area contributed by atoms with E-state index >= 15 is 0 Å². The quantitative estimate of drug-likeness (QED) is 0.0484. The number of nitrogens with two attached hydrogens (primary N) is 2. The summed E-state index contributed by atoms with van der Waals surface area (Å²) in [6.07, 6.45) is 0. The predicted octanol–water partition coefficient (Wildman–Crippen LogP) is 9.26. The Morgan fingerprint density at radius 3 is 1.33 bits per heavy atom. The van der Waals surface area contributed by atoms with Crippen molar-refractivity contribution in [1.82, 2.24) is 9.97 Å². The first kappa shape index (κ1) is 47.2. The van der Waals surface area contributed by atoms with Crippen LogP contribution in [0.4, 0.5) is 34.1 Å². The number of anilines is 2. The largest absolute Gasteiger partial charge is 0.425 e. The Bertz CT molecular complexity index is 3780. The lowest BCUT2D eigenvalue weighted by molar-refractivity contribution is 0.481. The van der Waals surface area contributed by atoms with Crippen molar-refractivity contribution in [2.24, 2.45) is 20.5 Å². The molecule has 0 bridgehead atoms. The Labute approximate surface area is 384 Å². The van der Waals surface area contributed by atoms with Crippen molar-refractivity contribution in [3.63, 3.8) is 0 Å². The summed E-state index contributed by atoms with van der Waals surface area (Å²) in [4.78, 5) is 8.19. The van der Waals surface area contributed by atoms with Gasteiger partial charge in [-0.25, -0.2) is 9.97 Å². The van der Waals surface area contributed by atoms with Crippen LogP contribution in [0, 0.1) is 13.8 Å². The zero-order chi connectivity index (χ0) is 47.9. The summed E-state index contributed by atoms with van der Waals surface area (Å²) in [6, 6.07) is 26.8. The number of rotatable bonds is 10. The van der Waals surface area contributed by atoms with Crippen LogP contribution in [0.5, 0.6) is 0 Å². The van der Waals surface area contributed by atoms with E-state index in [1.54, 1.807) is 86.6 Å². The van der Waals surface area contributed by atoms with Crippen LogP contribution in [0.2, 0.25) is 0 Å². The number of azo groups is 2. The van der Waals surface area contributed by atoms with Crippen LogP contribution < -0.4 is 11.5 Å². The molecule has 0 atom stereocenters. The molecule has 6 aromatic carbocycles. The van der Waals surface area contributed by atoms with Crippen LogP contribution in [0.3, 0.4) is 0 Å². The van der Waals surface area contributed by atoms with E-state index in [1.807, 2.05) is 0 Å². The average molecular weight is 1010 g/mol. The van der Waals surface area contributed by atoms with Crippen molar-refractivity contribution in [2.75, 3.05) is 11.5 Å². The number of benzene rings is 6. The first-order chi connectivity index (χ1) is 31.0. The van der Waals surface area contributed by atoms with Gasteiger partial charge in [-0.05, 0) is 115 Å². The highest BCUT2D eigenvalue weighted by Crippen LogP contribution is 2.41. The summed E-state index contributed by atoms with van der Waals surface area (Å²) in [5.41, 5.74) is 16.8. The Balaban J connectivity index is 0.00000156. The lowest BCUT2D eigenvalue weighted by Gasteiger charge is -2.12. The minimum absolute atomic E-state index is 0.0188. The van der Waals surface area contributed by atoms with Gasteiger partial charge >= 0.3 is 10.6 Å². The van der Waals surface area contributed by atoms with E-state index in [0.29, 0.717) is 64.1 Å². The molecule has 0 saturated heterocycles. The van der Waals surface area contributed by atoms with Gasteiger partial charge in [-0.2, -0.15) is 35.5 Å². The minimum atomic E-state index is -4.80. The molecule has 66 heavy (non-hydrogen) atoms. The molecule has 0 spiro atoms. The summed E-state index contributed by atoms with van der Waals surface area (Å²) in [6.45, 7) is 3.17. The van der Waals surface area contributed by atoms with Crippen LogP contribution in [-0.4, -0.2) is 61.5 Å². The molecular formula is C40H30N8O12S6. The summed E-state index contributed by atoms with van der Waals surface area (Å²) < 4.78 is 129. The molecule has 0 unspecified atom stereocenters. The molecule has 0 fully saturated rings. The molecule has 2 aromatic heterocycles. The lowest BCUT2D eigenvalue weighted by Crippen LogP contribution is -2.02. The van der Waals surface area contributed by atoms with Gasteiger partial charge in [0.05, 0.1) is 43.2 Å². The molecule has 0 aliphatic carbocycles. The van der Waals surface area contributed by atoms with Gasteiger partial charge < -0.3 is 11.5 Å². The second-order valence-corrected chi connectivity index (χ2v) is 20.5. The number of aromatic nitrogens is 2. The maximum atomic E-state index is 12.6. The van der Waals surface area contributed by atoms with Crippen LogP contribution in [-0.2, 0) is 41.0 Å². The number of nitrogens with zero attached hydrogens (tertiary/aromatic N) is 6. The third-order valence-corrected chi connectivity index (χ3v) is 15.0. The number of aryl methyl sites for hydroxylation is 2. The molecule has 8 rings (SSSR count). The van der Waals surface area contributed by atoms with Gasteiger partial charge in [0.2, 0.25) is 0 Å². The summed E-state index contributed by atoms with van der Waals surface area (Å²) >= 11 is 2.23. The number of hydrogen-bond acceptors (Lipinski definition) is 19. The topological polar surface area (TPSA) is 342 Å². The van der Waals surface area contributed by atoms with Crippen LogP contribution in [0.1, 0.15) is 11.1 Å². The first-order valence-electron chi connectivity index (χ1n) is 18.3. The molecule has 26 heteroatoms. The van der Waals surface area contributed by atoms with E-state index in [4.69, 9.17) is 24.1 Å². The molecule has 338 valence electrons. The second kappa shape index (κ2) is 18.3. The molecule has 0 radical (unpaired) electrons. The fraction of sp³-hybridized carbons (Fsp3) is 0.0500. The average Bonchev–Trinajstić information content (AvgIpc) is 3.86. The minimum Gasteiger partial charge on any atom is -0.397 e. The fourth-order valence-corrected chi connectivity index (χ4v) is 11.9. The van der Waals surface area contributed by atoms with Crippen molar-refractivity contribution in [2.45, 2.75) is 28.5 Å². The predicted molar refractivity (Wildman–Crippen MR) is 248 cm³/mol. The SMILES string of the molecule is Cc1ccc2nc(-c3ccc(N=Nc4cc(-c5cc(N=Nc6ccc(-c7nc8ccc(C)c(S(=O)(=O)O)c8s7)cc6)c(N)cc5S(=O)(=O)O)ccc4N)cc3)sc2c1S(=O)(=O)O.O=S(=O)=O. The van der Waals surface area contributed by atoms with Gasteiger partial charge in [0.15, 0.2) is 0 Å². The van der Waals surface area contributed by atoms with Crippen molar-refractivity contribution < 1.29 is 51.5 Å². The van der Waals surface area contributed by atoms with E-state index < -0.39 is 45.9 Å². The molecule has 7 N–H and O–H groups in total. The Morgan fingerprint density at radius 1 is 0.515 bits per heavy atom. The van der Waals surface area contributed by atoms with E-state index in [9.17, 15) is 38.9 Å². The summed E-state index contributed by atoms with van der Waals surface area (Å²) in [5.74, 6) is 0. The maximum absolute atomic E-state index is 12.6. The Kier molecular flexibility index (Phi) is 13.1. The van der Waals surface area contributed by atoms with Gasteiger partial charge in [0.1, 0.15) is 36.1 Å². The fourth-order valence-electron chi connectivity index (χ4n) is 6.49. The zero-order valence-corrected chi connectivity index (χ0v) is 38.5.